The van der Waals surface area contributed by atoms with Crippen LogP contribution in [0.5, 0.6) is 11.5 Å². The SMILES string of the molecule is COc1ccc(C(C)=O)c(OCCNC(=O)c2ccco2)c1. The molecule has 6 heteroatoms. The number of ether oxygens (including phenoxy) is 2. The van der Waals surface area contributed by atoms with Crippen molar-refractivity contribution in [3.8, 4) is 11.5 Å². The number of amides is 1. The number of carbonyl (C=O) groups is 2. The third-order valence-corrected chi connectivity index (χ3v) is 2.96. The van der Waals surface area contributed by atoms with Crippen molar-refractivity contribution in [1.29, 1.82) is 0 Å². The molecule has 0 unspecified atom stereocenters. The van der Waals surface area contributed by atoms with Crippen LogP contribution in [0.15, 0.2) is 41.0 Å². The molecule has 0 atom stereocenters. The van der Waals surface area contributed by atoms with Crippen molar-refractivity contribution in [3.05, 3.63) is 47.9 Å². The van der Waals surface area contributed by atoms with Crippen LogP contribution in [-0.2, 0) is 0 Å². The van der Waals surface area contributed by atoms with Gasteiger partial charge in [0.25, 0.3) is 5.91 Å². The molecule has 0 aliphatic carbocycles. The van der Waals surface area contributed by atoms with E-state index in [0.29, 0.717) is 17.1 Å². The summed E-state index contributed by atoms with van der Waals surface area (Å²) in [5.41, 5.74) is 0.471. The van der Waals surface area contributed by atoms with Crippen LogP contribution in [0.2, 0.25) is 0 Å². The minimum absolute atomic E-state index is 0.0997. The van der Waals surface area contributed by atoms with Gasteiger partial charge in [-0.1, -0.05) is 0 Å². The summed E-state index contributed by atoms with van der Waals surface area (Å²) < 4.78 is 15.6. The van der Waals surface area contributed by atoms with E-state index < -0.39 is 0 Å². The predicted molar refractivity (Wildman–Crippen MR) is 79.5 cm³/mol. The van der Waals surface area contributed by atoms with Gasteiger partial charge in [-0.05, 0) is 31.2 Å². The lowest BCUT2D eigenvalue weighted by molar-refractivity contribution is 0.0917. The maximum atomic E-state index is 11.7. The normalized spacial score (nSPS) is 10.1. The second-order valence-corrected chi connectivity index (χ2v) is 4.50. The Morgan fingerprint density at radius 2 is 2.09 bits per heavy atom. The van der Waals surface area contributed by atoms with Crippen LogP contribution in [-0.4, -0.2) is 32.0 Å². The van der Waals surface area contributed by atoms with Crippen molar-refractivity contribution in [2.24, 2.45) is 0 Å². The van der Waals surface area contributed by atoms with Crippen LogP contribution < -0.4 is 14.8 Å². The van der Waals surface area contributed by atoms with Crippen LogP contribution >= 0.6 is 0 Å². The third-order valence-electron chi connectivity index (χ3n) is 2.96. The van der Waals surface area contributed by atoms with Gasteiger partial charge in [0.1, 0.15) is 18.1 Å². The van der Waals surface area contributed by atoms with Crippen molar-refractivity contribution in [2.75, 3.05) is 20.3 Å². The molecule has 1 aromatic heterocycles. The van der Waals surface area contributed by atoms with Crippen molar-refractivity contribution < 1.29 is 23.5 Å². The molecule has 6 nitrogen and oxygen atoms in total. The summed E-state index contributed by atoms with van der Waals surface area (Å²) in [4.78, 5) is 23.2. The molecule has 0 fully saturated rings. The number of Topliss-reactive ketones (excluding diaryl/α,β-unsaturated/α-hetero) is 1. The van der Waals surface area contributed by atoms with E-state index in [1.54, 1.807) is 30.3 Å². The zero-order valence-corrected chi connectivity index (χ0v) is 12.4. The molecule has 1 aromatic carbocycles. The van der Waals surface area contributed by atoms with E-state index in [0.717, 1.165) is 0 Å². The van der Waals surface area contributed by atoms with E-state index in [1.807, 2.05) is 0 Å². The average Bonchev–Trinajstić information content (AvgIpc) is 3.05. The van der Waals surface area contributed by atoms with Gasteiger partial charge in [-0.25, -0.2) is 0 Å². The Labute approximate surface area is 128 Å². The second kappa shape index (κ2) is 7.31. The van der Waals surface area contributed by atoms with Crippen molar-refractivity contribution in [1.82, 2.24) is 5.32 Å². The van der Waals surface area contributed by atoms with E-state index in [4.69, 9.17) is 13.9 Å². The number of furan rings is 1. The third kappa shape index (κ3) is 3.88. The Balaban J connectivity index is 1.91. The summed E-state index contributed by atoms with van der Waals surface area (Å²) in [7, 11) is 1.54. The summed E-state index contributed by atoms with van der Waals surface area (Å²) in [5.74, 6) is 0.854. The fraction of sp³-hybridized carbons (Fsp3) is 0.250. The number of benzene rings is 1. The molecule has 0 radical (unpaired) electrons. The monoisotopic (exact) mass is 303 g/mol. The van der Waals surface area contributed by atoms with Gasteiger partial charge in [0, 0.05) is 6.07 Å². The molecule has 0 saturated carbocycles. The fourth-order valence-electron chi connectivity index (χ4n) is 1.86. The smallest absolute Gasteiger partial charge is 0.287 e. The minimum atomic E-state index is -0.314. The van der Waals surface area contributed by atoms with Gasteiger partial charge in [0.2, 0.25) is 0 Å². The molecule has 0 spiro atoms. The first-order valence-electron chi connectivity index (χ1n) is 6.75. The molecule has 0 aliphatic rings. The molecule has 2 aromatic rings. The molecule has 0 aliphatic heterocycles. The fourth-order valence-corrected chi connectivity index (χ4v) is 1.86. The Morgan fingerprint density at radius 3 is 2.73 bits per heavy atom. The predicted octanol–water partition coefficient (Wildman–Crippen LogP) is 2.30. The van der Waals surface area contributed by atoms with Crippen LogP contribution in [0, 0.1) is 0 Å². The molecule has 1 amide bonds. The first-order chi connectivity index (χ1) is 10.6. The topological polar surface area (TPSA) is 77.8 Å². The summed E-state index contributed by atoms with van der Waals surface area (Å²) >= 11 is 0. The quantitative estimate of drug-likeness (QED) is 0.627. The second-order valence-electron chi connectivity index (χ2n) is 4.50. The zero-order chi connectivity index (χ0) is 15.9. The number of hydrogen-bond donors (Lipinski definition) is 1. The number of rotatable bonds is 7. The lowest BCUT2D eigenvalue weighted by Crippen LogP contribution is -2.27. The molecule has 0 saturated heterocycles. The van der Waals surface area contributed by atoms with E-state index in [9.17, 15) is 9.59 Å². The van der Waals surface area contributed by atoms with Gasteiger partial charge in [-0.15, -0.1) is 0 Å². The van der Waals surface area contributed by atoms with Crippen LogP contribution in [0.1, 0.15) is 27.8 Å². The molecular formula is C16H17NO5. The molecule has 22 heavy (non-hydrogen) atoms. The number of ketones is 1. The first kappa shape index (κ1) is 15.6. The Morgan fingerprint density at radius 1 is 1.27 bits per heavy atom. The molecule has 2 rings (SSSR count). The first-order valence-corrected chi connectivity index (χ1v) is 6.75. The van der Waals surface area contributed by atoms with Gasteiger partial charge in [0.05, 0.1) is 25.5 Å². The summed E-state index contributed by atoms with van der Waals surface area (Å²) in [6, 6.07) is 8.21. The van der Waals surface area contributed by atoms with Crippen molar-refractivity contribution in [2.45, 2.75) is 6.92 Å². The van der Waals surface area contributed by atoms with Gasteiger partial charge < -0.3 is 19.2 Å². The Hall–Kier alpha value is -2.76. The number of nitrogens with one attached hydrogen (secondary N) is 1. The lowest BCUT2D eigenvalue weighted by atomic mass is 10.1. The minimum Gasteiger partial charge on any atom is -0.497 e. The molecule has 0 bridgehead atoms. The maximum Gasteiger partial charge on any atom is 0.287 e. The summed E-state index contributed by atoms with van der Waals surface area (Å²) in [6.45, 7) is 1.97. The lowest BCUT2D eigenvalue weighted by Gasteiger charge is -2.11. The zero-order valence-electron chi connectivity index (χ0n) is 12.4. The highest BCUT2D eigenvalue weighted by Gasteiger charge is 2.11. The molecular weight excluding hydrogens is 286 g/mol. The van der Waals surface area contributed by atoms with Gasteiger partial charge in [0.15, 0.2) is 11.5 Å². The Bertz CT molecular complexity index is 649. The molecule has 1 heterocycles. The van der Waals surface area contributed by atoms with E-state index in [1.165, 1.54) is 20.3 Å². The highest BCUT2D eigenvalue weighted by molar-refractivity contribution is 5.97. The molecule has 116 valence electrons. The van der Waals surface area contributed by atoms with Crippen molar-refractivity contribution in [3.63, 3.8) is 0 Å². The highest BCUT2D eigenvalue weighted by Crippen LogP contribution is 2.25. The Kier molecular flexibility index (Phi) is 5.19. The summed E-state index contributed by atoms with van der Waals surface area (Å²) in [6.07, 6.45) is 1.43. The standard InChI is InChI=1S/C16H17NO5/c1-11(18)13-6-5-12(20-2)10-15(13)22-9-7-17-16(19)14-4-3-8-21-14/h3-6,8,10H,7,9H2,1-2H3,(H,17,19). The average molecular weight is 303 g/mol. The van der Waals surface area contributed by atoms with Crippen molar-refractivity contribution >= 4 is 11.7 Å². The van der Waals surface area contributed by atoms with E-state index in [2.05, 4.69) is 5.32 Å². The number of methoxy groups -OCH3 is 1. The summed E-state index contributed by atoms with van der Waals surface area (Å²) in [5, 5.41) is 2.66. The van der Waals surface area contributed by atoms with Gasteiger partial charge >= 0.3 is 0 Å². The highest BCUT2D eigenvalue weighted by atomic mass is 16.5. The molecule has 1 N–H and O–H groups in total. The van der Waals surface area contributed by atoms with Crippen LogP contribution in [0.3, 0.4) is 0 Å². The number of carbonyl (C=O) groups excluding carboxylic acids is 2. The van der Waals surface area contributed by atoms with Crippen LogP contribution in [0.4, 0.5) is 0 Å². The largest absolute Gasteiger partial charge is 0.497 e. The number of hydrogen-bond acceptors (Lipinski definition) is 5. The van der Waals surface area contributed by atoms with E-state index >= 15 is 0 Å². The van der Waals surface area contributed by atoms with E-state index in [-0.39, 0.29) is 30.6 Å². The van der Waals surface area contributed by atoms with Crippen LogP contribution in [0.25, 0.3) is 0 Å². The van der Waals surface area contributed by atoms with Gasteiger partial charge in [-0.3, -0.25) is 9.59 Å². The van der Waals surface area contributed by atoms with Gasteiger partial charge in [-0.2, -0.15) is 0 Å². The maximum absolute atomic E-state index is 11.7.